The van der Waals surface area contributed by atoms with Crippen LogP contribution in [-0.4, -0.2) is 24.8 Å². The maximum Gasteiger partial charge on any atom is 0.167 e. The number of hydrogen-bond donors (Lipinski definition) is 0. The average Bonchev–Trinajstić information content (AvgIpc) is 3.78. The van der Waals surface area contributed by atoms with Crippen LogP contribution in [0.25, 0.3) is 21.5 Å². The Labute approximate surface area is 437 Å². The van der Waals surface area contributed by atoms with Crippen molar-refractivity contribution in [1.82, 2.24) is 0 Å². The Morgan fingerprint density at radius 1 is 0.373 bits per heavy atom. The van der Waals surface area contributed by atoms with E-state index < -0.39 is 10.8 Å². The maximum atomic E-state index is 14.2. The van der Waals surface area contributed by atoms with Crippen molar-refractivity contribution < 1.29 is 23.8 Å². The zero-order chi connectivity index (χ0) is 50.9. The molecule has 75 heavy (non-hydrogen) atoms. The number of carbonyl (C=O) groups excluding carboxylic acids is 2. The maximum absolute atomic E-state index is 14.2. The van der Waals surface area contributed by atoms with E-state index in [0.29, 0.717) is 48.7 Å². The molecule has 10 aromatic rings. The standard InChI is InChI=1S/C70H50O5/c1-3-5-39-73-59-33-25-47-41-55(27-23-49(47)43-59)69(63-19-11-7-15-51(63)45-67(71)61-17-9-13-21-65(61)69)53-29-35-57(36-30-53)75-58-37-31-54(32-38-58)70(56-28-24-50-44-60(74-40-6-4-2)34-26-48(50)42-56)64-20-12-8-16-52(64)46-68(72)62-18-10-14-22-66(62)70/h7-38,41-44H,39-40,45-46H2,1-2H3. The number of ether oxygens (including phenoxy) is 3. The zero-order valence-electron chi connectivity index (χ0n) is 41.7. The fourth-order valence-corrected chi connectivity index (χ4v) is 11.7. The lowest BCUT2D eigenvalue weighted by atomic mass is 9.63. The molecule has 0 N–H and O–H groups in total. The first-order chi connectivity index (χ1) is 36.9. The second-order valence-electron chi connectivity index (χ2n) is 19.1. The number of ketones is 2. The molecule has 12 rings (SSSR count). The van der Waals surface area contributed by atoms with E-state index in [-0.39, 0.29) is 11.6 Å². The summed E-state index contributed by atoms with van der Waals surface area (Å²) in [5.74, 6) is 14.8. The summed E-state index contributed by atoms with van der Waals surface area (Å²) >= 11 is 0. The van der Waals surface area contributed by atoms with Crippen LogP contribution in [0.5, 0.6) is 23.0 Å². The summed E-state index contributed by atoms with van der Waals surface area (Å²) in [6, 6.07) is 75.0. The van der Waals surface area contributed by atoms with Crippen LogP contribution >= 0.6 is 0 Å². The van der Waals surface area contributed by atoms with Crippen molar-refractivity contribution in [2.24, 2.45) is 0 Å². The number of carbonyl (C=O) groups is 2. The lowest BCUT2D eigenvalue weighted by molar-refractivity contribution is 0.0984. The van der Waals surface area contributed by atoms with Gasteiger partial charge in [-0.2, -0.15) is 0 Å². The molecule has 2 aliphatic carbocycles. The number of fused-ring (bicyclic) bond motifs is 6. The molecule has 0 amide bonds. The van der Waals surface area contributed by atoms with Gasteiger partial charge >= 0.3 is 0 Å². The summed E-state index contributed by atoms with van der Waals surface area (Å²) in [6.07, 6.45) is 0.588. The van der Waals surface area contributed by atoms with Crippen LogP contribution < -0.4 is 14.2 Å². The summed E-state index contributed by atoms with van der Waals surface area (Å²) in [5.41, 5.74) is 9.75. The van der Waals surface area contributed by atoms with Crippen LogP contribution in [0.15, 0.2) is 218 Å². The van der Waals surface area contributed by atoms with E-state index in [0.717, 1.165) is 88.7 Å². The topological polar surface area (TPSA) is 61.8 Å². The molecule has 0 aliphatic heterocycles. The summed E-state index contributed by atoms with van der Waals surface area (Å²) in [6.45, 7) is 4.26. The molecule has 2 atom stereocenters. The first-order valence-electron chi connectivity index (χ1n) is 25.3. The first-order valence-corrected chi connectivity index (χ1v) is 25.3. The van der Waals surface area contributed by atoms with Crippen molar-refractivity contribution in [1.29, 1.82) is 0 Å². The SMILES string of the molecule is CC#CCOc1ccc2cc(C3(c4ccc(Oc5ccc(C6(c7ccc8cc(OCC#CC)ccc8c7)c7ccccc7CC(=O)c7ccccc76)cc5)cc4)c4ccccc4CC(=O)c4ccccc43)ccc2c1. The molecule has 10 aromatic carbocycles. The predicted octanol–water partition coefficient (Wildman–Crippen LogP) is 14.8. The van der Waals surface area contributed by atoms with Gasteiger partial charge in [-0.05, 0) is 152 Å². The Kier molecular flexibility index (Phi) is 12.2. The van der Waals surface area contributed by atoms with Crippen LogP contribution in [0.3, 0.4) is 0 Å². The van der Waals surface area contributed by atoms with E-state index in [4.69, 9.17) is 14.2 Å². The number of rotatable bonds is 10. The van der Waals surface area contributed by atoms with Crippen molar-refractivity contribution in [3.63, 3.8) is 0 Å². The molecule has 0 heterocycles. The molecule has 0 saturated carbocycles. The Morgan fingerprint density at radius 2 is 0.720 bits per heavy atom. The second kappa shape index (κ2) is 19.5. The van der Waals surface area contributed by atoms with Gasteiger partial charge in [0.1, 0.15) is 36.2 Å². The van der Waals surface area contributed by atoms with E-state index in [1.165, 1.54) is 0 Å². The van der Waals surface area contributed by atoms with Gasteiger partial charge in [0.05, 0.1) is 10.8 Å². The van der Waals surface area contributed by atoms with Crippen molar-refractivity contribution in [2.45, 2.75) is 37.5 Å². The summed E-state index contributed by atoms with van der Waals surface area (Å²) in [4.78, 5) is 28.5. The van der Waals surface area contributed by atoms with Gasteiger partial charge in [0.25, 0.3) is 0 Å². The molecule has 360 valence electrons. The van der Waals surface area contributed by atoms with Crippen LogP contribution in [0.1, 0.15) is 90.2 Å². The number of benzene rings is 10. The number of Topliss-reactive ketones (excluding diaryl/α,β-unsaturated/α-hetero) is 2. The molecule has 2 aliphatic rings. The van der Waals surface area contributed by atoms with Gasteiger partial charge in [-0.15, -0.1) is 11.8 Å². The molecular formula is C70H50O5. The highest BCUT2D eigenvalue weighted by Crippen LogP contribution is 2.52. The monoisotopic (exact) mass is 970 g/mol. The minimum atomic E-state index is -0.858. The van der Waals surface area contributed by atoms with E-state index in [1.807, 2.05) is 84.9 Å². The Bertz CT molecular complexity index is 3750. The first kappa shape index (κ1) is 46.6. The Hall–Kier alpha value is -9.42. The minimum Gasteiger partial charge on any atom is -0.481 e. The van der Waals surface area contributed by atoms with E-state index in [1.54, 1.807) is 13.8 Å². The van der Waals surface area contributed by atoms with Gasteiger partial charge < -0.3 is 14.2 Å². The smallest absolute Gasteiger partial charge is 0.167 e. The van der Waals surface area contributed by atoms with Crippen molar-refractivity contribution in [3.05, 3.63) is 285 Å². The van der Waals surface area contributed by atoms with Crippen molar-refractivity contribution in [3.8, 4) is 46.7 Å². The van der Waals surface area contributed by atoms with E-state index in [2.05, 4.69) is 157 Å². The highest BCUT2D eigenvalue weighted by Gasteiger charge is 2.46. The van der Waals surface area contributed by atoms with Gasteiger partial charge in [-0.25, -0.2) is 0 Å². The largest absolute Gasteiger partial charge is 0.481 e. The fourth-order valence-electron chi connectivity index (χ4n) is 11.7. The lowest BCUT2D eigenvalue weighted by Crippen LogP contribution is -2.32. The third-order valence-corrected chi connectivity index (χ3v) is 15.1. The van der Waals surface area contributed by atoms with Crippen molar-refractivity contribution in [2.75, 3.05) is 13.2 Å². The van der Waals surface area contributed by atoms with E-state index >= 15 is 0 Å². The van der Waals surface area contributed by atoms with E-state index in [9.17, 15) is 9.59 Å². The highest BCUT2D eigenvalue weighted by atomic mass is 16.5. The Morgan fingerprint density at radius 3 is 1.15 bits per heavy atom. The van der Waals surface area contributed by atoms with Crippen LogP contribution in [-0.2, 0) is 23.7 Å². The average molecular weight is 971 g/mol. The second-order valence-corrected chi connectivity index (χ2v) is 19.1. The molecule has 0 aromatic heterocycles. The molecule has 0 fully saturated rings. The van der Waals surface area contributed by atoms with Crippen LogP contribution in [0, 0.1) is 23.7 Å². The van der Waals surface area contributed by atoms with Gasteiger partial charge in [0.2, 0.25) is 0 Å². The summed E-state index contributed by atoms with van der Waals surface area (Å²) in [5, 5.41) is 4.19. The van der Waals surface area contributed by atoms with Crippen LogP contribution in [0.2, 0.25) is 0 Å². The van der Waals surface area contributed by atoms with Gasteiger partial charge in [-0.1, -0.05) is 170 Å². The normalized spacial score (nSPS) is 16.3. The lowest BCUT2D eigenvalue weighted by Gasteiger charge is -2.38. The molecule has 5 nitrogen and oxygen atoms in total. The molecule has 0 spiro atoms. The fraction of sp³-hybridized carbons (Fsp3) is 0.114. The number of hydrogen-bond acceptors (Lipinski definition) is 5. The summed E-state index contributed by atoms with van der Waals surface area (Å²) < 4.78 is 18.6. The Balaban J connectivity index is 0.957. The quantitative estimate of drug-likeness (QED) is 0.128. The van der Waals surface area contributed by atoms with Gasteiger partial charge in [0.15, 0.2) is 11.6 Å². The molecule has 0 saturated heterocycles. The van der Waals surface area contributed by atoms with Crippen molar-refractivity contribution >= 4 is 33.1 Å². The zero-order valence-corrected chi connectivity index (χ0v) is 41.7. The van der Waals surface area contributed by atoms with Gasteiger partial charge in [0, 0.05) is 24.0 Å². The highest BCUT2D eigenvalue weighted by molar-refractivity contribution is 6.03. The molecular weight excluding hydrogens is 921 g/mol. The molecule has 0 radical (unpaired) electrons. The molecule has 0 bridgehead atoms. The third-order valence-electron chi connectivity index (χ3n) is 15.1. The molecule has 2 unspecified atom stereocenters. The van der Waals surface area contributed by atoms with Crippen LogP contribution in [0.4, 0.5) is 0 Å². The minimum absolute atomic E-state index is 0.0869. The van der Waals surface area contributed by atoms with Gasteiger partial charge in [-0.3, -0.25) is 9.59 Å². The third kappa shape index (κ3) is 8.11. The molecule has 5 heteroatoms. The summed E-state index contributed by atoms with van der Waals surface area (Å²) in [7, 11) is 0. The predicted molar refractivity (Wildman–Crippen MR) is 299 cm³/mol.